The molecule has 1 fully saturated rings. The van der Waals surface area contributed by atoms with E-state index in [0.29, 0.717) is 31.0 Å². The Morgan fingerprint density at radius 2 is 2.35 bits per heavy atom. The highest BCUT2D eigenvalue weighted by atomic mass is 32.1. The number of hydrogen-bond donors (Lipinski definition) is 1. The van der Waals surface area contributed by atoms with Gasteiger partial charge in [0.2, 0.25) is 0 Å². The van der Waals surface area contributed by atoms with Crippen LogP contribution in [0.15, 0.2) is 35.2 Å². The van der Waals surface area contributed by atoms with Crippen LogP contribution in [-0.2, 0) is 6.61 Å². The maximum atomic E-state index is 12.1. The van der Waals surface area contributed by atoms with Crippen LogP contribution in [0.5, 0.6) is 5.75 Å². The van der Waals surface area contributed by atoms with Gasteiger partial charge < -0.3 is 14.7 Å². The molecule has 1 N–H and O–H groups in total. The molecule has 0 atom stereocenters. The number of carbonyl (C=O) groups excluding carboxylic acids is 1. The minimum absolute atomic E-state index is 0.0746. The lowest BCUT2D eigenvalue weighted by molar-refractivity contribution is 0.00587. The Hall–Kier alpha value is -1.92. The van der Waals surface area contributed by atoms with Gasteiger partial charge in [-0.05, 0) is 18.2 Å². The van der Waals surface area contributed by atoms with Crippen LogP contribution in [0.1, 0.15) is 16.1 Å². The largest absolute Gasteiger partial charge is 0.487 e. The van der Waals surface area contributed by atoms with E-state index in [2.05, 4.69) is 4.98 Å². The molecule has 1 aliphatic rings. The topological polar surface area (TPSA) is 62.7 Å². The third-order valence-electron chi connectivity index (χ3n) is 3.10. The number of benzene rings is 1. The van der Waals surface area contributed by atoms with Crippen molar-refractivity contribution in [3.63, 3.8) is 0 Å². The summed E-state index contributed by atoms with van der Waals surface area (Å²) in [5, 5.41) is 11.2. The Balaban J connectivity index is 1.65. The fourth-order valence-electron chi connectivity index (χ4n) is 1.99. The summed E-state index contributed by atoms with van der Waals surface area (Å²) in [4.78, 5) is 17.9. The number of thiazole rings is 1. The van der Waals surface area contributed by atoms with E-state index in [1.165, 1.54) is 11.3 Å². The highest BCUT2D eigenvalue weighted by Gasteiger charge is 2.29. The molecular formula is C14H14N2O3S. The lowest BCUT2D eigenvalue weighted by Gasteiger charge is -2.35. The minimum Gasteiger partial charge on any atom is -0.487 e. The second-order valence-corrected chi connectivity index (χ2v) is 5.38. The minimum atomic E-state index is -0.386. The first-order valence-corrected chi connectivity index (χ1v) is 7.24. The number of amides is 1. The normalized spacial score (nSPS) is 14.9. The van der Waals surface area contributed by atoms with E-state index in [0.717, 1.165) is 5.69 Å². The summed E-state index contributed by atoms with van der Waals surface area (Å²) < 4.78 is 5.62. The molecule has 5 nitrogen and oxygen atoms in total. The van der Waals surface area contributed by atoms with Crippen LogP contribution in [0.2, 0.25) is 0 Å². The van der Waals surface area contributed by atoms with Crippen LogP contribution in [-0.4, -0.2) is 40.1 Å². The van der Waals surface area contributed by atoms with Gasteiger partial charge in [0.1, 0.15) is 12.4 Å². The number of aromatic nitrogens is 1. The van der Waals surface area contributed by atoms with Gasteiger partial charge in [-0.25, -0.2) is 4.98 Å². The zero-order valence-electron chi connectivity index (χ0n) is 10.7. The van der Waals surface area contributed by atoms with E-state index in [-0.39, 0.29) is 12.0 Å². The molecule has 1 amide bonds. The lowest BCUT2D eigenvalue weighted by Crippen LogP contribution is -2.53. The number of β-amino-alcohol motifs (C(OH)–C–C–N with tert-alkyl or cyclic N) is 1. The van der Waals surface area contributed by atoms with Gasteiger partial charge in [0.05, 0.1) is 17.3 Å². The molecule has 1 aromatic carbocycles. The van der Waals surface area contributed by atoms with Gasteiger partial charge in [-0.3, -0.25) is 4.79 Å². The van der Waals surface area contributed by atoms with E-state index in [1.807, 2.05) is 11.4 Å². The summed E-state index contributed by atoms with van der Waals surface area (Å²) in [5.74, 6) is 0.569. The van der Waals surface area contributed by atoms with E-state index in [9.17, 15) is 9.90 Å². The second kappa shape index (κ2) is 5.60. The Morgan fingerprint density at radius 3 is 3.05 bits per heavy atom. The van der Waals surface area contributed by atoms with Crippen LogP contribution in [0.25, 0.3) is 0 Å². The average Bonchev–Trinajstić information content (AvgIpc) is 2.94. The molecule has 1 saturated heterocycles. The molecule has 0 unspecified atom stereocenters. The first-order valence-electron chi connectivity index (χ1n) is 6.29. The van der Waals surface area contributed by atoms with E-state index in [1.54, 1.807) is 28.6 Å². The van der Waals surface area contributed by atoms with Crippen LogP contribution in [0.3, 0.4) is 0 Å². The summed E-state index contributed by atoms with van der Waals surface area (Å²) in [6.07, 6.45) is -0.386. The van der Waals surface area contributed by atoms with Crippen molar-refractivity contribution >= 4 is 17.2 Å². The number of carbonyl (C=O) groups is 1. The van der Waals surface area contributed by atoms with E-state index < -0.39 is 0 Å². The van der Waals surface area contributed by atoms with Crippen LogP contribution in [0.4, 0.5) is 0 Å². The number of nitrogens with zero attached hydrogens (tertiary/aromatic N) is 2. The predicted molar refractivity (Wildman–Crippen MR) is 74.8 cm³/mol. The molecule has 2 heterocycles. The molecule has 0 aliphatic carbocycles. The quantitative estimate of drug-likeness (QED) is 0.928. The molecule has 104 valence electrons. The molecule has 0 spiro atoms. The fraction of sp³-hybridized carbons (Fsp3) is 0.286. The fourth-order valence-corrected chi connectivity index (χ4v) is 2.53. The Bertz CT molecular complexity index is 594. The maximum absolute atomic E-state index is 12.1. The summed E-state index contributed by atoms with van der Waals surface area (Å²) in [5.41, 5.74) is 3.21. The zero-order valence-corrected chi connectivity index (χ0v) is 11.5. The molecule has 20 heavy (non-hydrogen) atoms. The standard InChI is InChI=1S/C14H14N2O3S/c17-12-5-16(6-12)14(18)10-2-1-3-13(4-10)19-7-11-8-20-9-15-11/h1-4,8-9,12,17H,5-7H2. The number of likely N-dealkylation sites (tertiary alicyclic amines) is 1. The van der Waals surface area contributed by atoms with Crippen molar-refractivity contribution < 1.29 is 14.6 Å². The van der Waals surface area contributed by atoms with Gasteiger partial charge in [0.25, 0.3) is 5.91 Å². The van der Waals surface area contributed by atoms with Gasteiger partial charge in [-0.15, -0.1) is 11.3 Å². The van der Waals surface area contributed by atoms with Gasteiger partial charge in [0.15, 0.2) is 0 Å². The molecule has 0 radical (unpaired) electrons. The third kappa shape index (κ3) is 2.81. The lowest BCUT2D eigenvalue weighted by atomic mass is 10.1. The van der Waals surface area contributed by atoms with Crippen molar-refractivity contribution in [2.45, 2.75) is 12.7 Å². The molecule has 0 bridgehead atoms. The first kappa shape index (κ1) is 13.1. The Labute approximate surface area is 120 Å². The maximum Gasteiger partial charge on any atom is 0.254 e. The zero-order chi connectivity index (χ0) is 13.9. The second-order valence-electron chi connectivity index (χ2n) is 4.66. The Kier molecular flexibility index (Phi) is 3.66. The summed E-state index contributed by atoms with van der Waals surface area (Å²) in [6.45, 7) is 1.20. The Morgan fingerprint density at radius 1 is 1.50 bits per heavy atom. The number of rotatable bonds is 4. The summed E-state index contributed by atoms with van der Waals surface area (Å²) in [6, 6.07) is 7.08. The van der Waals surface area contributed by atoms with Gasteiger partial charge in [0, 0.05) is 24.0 Å². The highest BCUT2D eigenvalue weighted by Crippen LogP contribution is 2.19. The summed E-state index contributed by atoms with van der Waals surface area (Å²) in [7, 11) is 0. The number of aliphatic hydroxyl groups excluding tert-OH is 1. The van der Waals surface area contributed by atoms with E-state index in [4.69, 9.17) is 4.74 Å². The van der Waals surface area contributed by atoms with E-state index >= 15 is 0 Å². The molecule has 2 aromatic rings. The summed E-state index contributed by atoms with van der Waals surface area (Å²) >= 11 is 1.52. The van der Waals surface area contributed by atoms with Gasteiger partial charge in [-0.1, -0.05) is 6.07 Å². The first-order chi connectivity index (χ1) is 9.72. The van der Waals surface area contributed by atoms with Crippen molar-refractivity contribution in [2.75, 3.05) is 13.1 Å². The van der Waals surface area contributed by atoms with Crippen LogP contribution >= 0.6 is 11.3 Å². The van der Waals surface area contributed by atoms with Gasteiger partial charge in [-0.2, -0.15) is 0 Å². The van der Waals surface area contributed by atoms with Gasteiger partial charge >= 0.3 is 0 Å². The molecular weight excluding hydrogens is 276 g/mol. The van der Waals surface area contributed by atoms with Crippen molar-refractivity contribution in [3.8, 4) is 5.75 Å². The smallest absolute Gasteiger partial charge is 0.254 e. The predicted octanol–water partition coefficient (Wildman–Crippen LogP) is 1.54. The molecule has 1 aliphatic heterocycles. The molecule has 3 rings (SSSR count). The van der Waals surface area contributed by atoms with Crippen molar-refractivity contribution in [3.05, 3.63) is 46.4 Å². The SMILES string of the molecule is O=C(c1cccc(OCc2cscn2)c1)N1CC(O)C1. The molecule has 0 saturated carbocycles. The number of hydrogen-bond acceptors (Lipinski definition) is 5. The van der Waals surface area contributed by atoms with Crippen molar-refractivity contribution in [1.29, 1.82) is 0 Å². The molecule has 1 aromatic heterocycles. The number of ether oxygens (including phenoxy) is 1. The van der Waals surface area contributed by atoms with Crippen molar-refractivity contribution in [1.82, 2.24) is 9.88 Å². The average molecular weight is 290 g/mol. The highest BCUT2D eigenvalue weighted by molar-refractivity contribution is 7.07. The van der Waals surface area contributed by atoms with Crippen LogP contribution < -0.4 is 4.74 Å². The monoisotopic (exact) mass is 290 g/mol. The van der Waals surface area contributed by atoms with Crippen molar-refractivity contribution in [2.24, 2.45) is 0 Å². The number of aliphatic hydroxyl groups is 1. The third-order valence-corrected chi connectivity index (χ3v) is 3.74. The van der Waals surface area contributed by atoms with Crippen LogP contribution in [0, 0.1) is 0 Å². The molecule has 6 heteroatoms.